The van der Waals surface area contributed by atoms with Gasteiger partial charge in [-0.3, -0.25) is 14.9 Å². The molecule has 0 atom stereocenters. The number of nitrogens with one attached hydrogen (secondary N) is 1. The Hall–Kier alpha value is -2.71. The molecule has 2 aromatic rings. The minimum absolute atomic E-state index is 0.00514. The summed E-state index contributed by atoms with van der Waals surface area (Å²) in [5, 5.41) is 15.2. The minimum Gasteiger partial charge on any atom is -0.483 e. The molecule has 0 saturated heterocycles. The van der Waals surface area contributed by atoms with Gasteiger partial charge in [-0.05, 0) is 52.7 Å². The topological polar surface area (TPSA) is 93.8 Å². The predicted octanol–water partition coefficient (Wildman–Crippen LogP) is 4.60. The third-order valence-corrected chi connectivity index (χ3v) is 4.06. The smallest absolute Gasteiger partial charge is 0.277 e. The molecule has 2 aromatic carbocycles. The molecule has 0 heterocycles. The molecule has 7 nitrogen and oxygen atoms in total. The summed E-state index contributed by atoms with van der Waals surface area (Å²) >= 11 is 9.14. The Morgan fingerprint density at radius 3 is 2.85 bits per heavy atom. The highest BCUT2D eigenvalue weighted by molar-refractivity contribution is 9.10. The number of hydrazone groups is 1. The van der Waals surface area contributed by atoms with Crippen LogP contribution in [0.2, 0.25) is 5.02 Å². The van der Waals surface area contributed by atoms with Crippen molar-refractivity contribution in [3.8, 4) is 5.75 Å². The Labute approximate surface area is 169 Å². The van der Waals surface area contributed by atoms with Crippen molar-refractivity contribution in [2.24, 2.45) is 5.10 Å². The van der Waals surface area contributed by atoms with Crippen LogP contribution in [0.3, 0.4) is 0 Å². The molecule has 1 N–H and O–H groups in total. The molecule has 1 amide bonds. The number of nitro groups is 1. The van der Waals surface area contributed by atoms with Crippen LogP contribution in [0.1, 0.15) is 12.5 Å². The van der Waals surface area contributed by atoms with Gasteiger partial charge < -0.3 is 4.74 Å². The first-order valence-corrected chi connectivity index (χ1v) is 8.86. The predicted molar refractivity (Wildman–Crippen MR) is 108 cm³/mol. The highest BCUT2D eigenvalue weighted by Crippen LogP contribution is 2.27. The number of halogens is 2. The van der Waals surface area contributed by atoms with Crippen molar-refractivity contribution in [2.45, 2.75) is 6.92 Å². The van der Waals surface area contributed by atoms with E-state index in [-0.39, 0.29) is 12.3 Å². The van der Waals surface area contributed by atoms with E-state index in [1.54, 1.807) is 49.4 Å². The van der Waals surface area contributed by atoms with Gasteiger partial charge in [0.1, 0.15) is 5.75 Å². The molecule has 0 fully saturated rings. The summed E-state index contributed by atoms with van der Waals surface area (Å²) in [4.78, 5) is 22.1. The molecule has 0 aliphatic carbocycles. The van der Waals surface area contributed by atoms with Crippen LogP contribution in [0.5, 0.6) is 5.75 Å². The Balaban J connectivity index is 1.88. The van der Waals surface area contributed by atoms with Gasteiger partial charge in [0, 0.05) is 17.2 Å². The van der Waals surface area contributed by atoms with Gasteiger partial charge >= 0.3 is 0 Å². The van der Waals surface area contributed by atoms with E-state index in [0.29, 0.717) is 26.5 Å². The van der Waals surface area contributed by atoms with Crippen molar-refractivity contribution in [1.29, 1.82) is 0 Å². The Morgan fingerprint density at radius 2 is 2.15 bits per heavy atom. The van der Waals surface area contributed by atoms with Gasteiger partial charge in [-0.15, -0.1) is 0 Å². The summed E-state index contributed by atoms with van der Waals surface area (Å²) < 4.78 is 6.02. The van der Waals surface area contributed by atoms with E-state index < -0.39 is 10.8 Å². The fourth-order valence-electron chi connectivity index (χ4n) is 1.91. The molecular weight excluding hydrogens is 438 g/mol. The SMILES string of the molecule is CC(/C=C/c1cccc([N+](=O)[O-])c1)=N/NC(=O)COc1ccc(Cl)cc1Br. The van der Waals surface area contributed by atoms with Gasteiger partial charge in [-0.25, -0.2) is 5.43 Å². The van der Waals surface area contributed by atoms with Gasteiger partial charge in [-0.1, -0.05) is 29.8 Å². The third kappa shape index (κ3) is 6.84. The number of rotatable bonds is 7. The highest BCUT2D eigenvalue weighted by atomic mass is 79.9. The Kier molecular flexibility index (Phi) is 7.51. The van der Waals surface area contributed by atoms with E-state index in [0.717, 1.165) is 0 Å². The third-order valence-electron chi connectivity index (χ3n) is 3.21. The monoisotopic (exact) mass is 451 g/mol. The number of non-ortho nitro benzene ring substituents is 1. The fraction of sp³-hybridized carbons (Fsp3) is 0.111. The Bertz CT molecular complexity index is 915. The second-order valence-corrected chi connectivity index (χ2v) is 6.63. The minimum atomic E-state index is -0.461. The van der Waals surface area contributed by atoms with Crippen LogP contribution in [0.4, 0.5) is 5.69 Å². The maximum atomic E-state index is 11.8. The van der Waals surface area contributed by atoms with Crippen LogP contribution in [-0.2, 0) is 4.79 Å². The van der Waals surface area contributed by atoms with Crippen LogP contribution in [-0.4, -0.2) is 23.1 Å². The number of nitrogens with zero attached hydrogens (tertiary/aromatic N) is 2. The van der Waals surface area contributed by atoms with E-state index in [4.69, 9.17) is 16.3 Å². The first-order valence-electron chi connectivity index (χ1n) is 7.68. The standard InChI is InChI=1S/C18H15BrClN3O4/c1-12(5-6-13-3-2-4-15(9-13)23(25)26)21-22-18(24)11-27-17-8-7-14(20)10-16(17)19/h2-10H,11H2,1H3,(H,22,24)/b6-5+,21-12-. The number of hydrogen-bond donors (Lipinski definition) is 1. The molecule has 0 aliphatic rings. The van der Waals surface area contributed by atoms with E-state index in [1.807, 2.05) is 0 Å². The van der Waals surface area contributed by atoms with Crippen molar-refractivity contribution < 1.29 is 14.5 Å². The number of amides is 1. The van der Waals surface area contributed by atoms with Crippen LogP contribution in [0.25, 0.3) is 6.08 Å². The molecule has 2 rings (SSSR count). The lowest BCUT2D eigenvalue weighted by Crippen LogP contribution is -2.25. The van der Waals surface area contributed by atoms with Gasteiger partial charge in [0.15, 0.2) is 6.61 Å². The summed E-state index contributed by atoms with van der Waals surface area (Å²) in [6, 6.07) is 11.1. The van der Waals surface area contributed by atoms with E-state index in [9.17, 15) is 14.9 Å². The summed E-state index contributed by atoms with van der Waals surface area (Å²) in [5.74, 6) is 0.0563. The van der Waals surface area contributed by atoms with E-state index in [1.165, 1.54) is 12.1 Å². The fourth-order valence-corrected chi connectivity index (χ4v) is 2.71. The molecule has 0 bridgehead atoms. The molecule has 0 radical (unpaired) electrons. The Morgan fingerprint density at radius 1 is 1.37 bits per heavy atom. The summed E-state index contributed by atoms with van der Waals surface area (Å²) in [5.41, 5.74) is 3.55. The molecular formula is C18H15BrClN3O4. The molecule has 27 heavy (non-hydrogen) atoms. The maximum absolute atomic E-state index is 11.8. The second kappa shape index (κ2) is 9.84. The average Bonchev–Trinajstić information content (AvgIpc) is 2.64. The number of ether oxygens (including phenoxy) is 1. The van der Waals surface area contributed by atoms with Gasteiger partial charge in [0.2, 0.25) is 0 Å². The number of benzene rings is 2. The van der Waals surface area contributed by atoms with Crippen molar-refractivity contribution in [1.82, 2.24) is 5.43 Å². The van der Waals surface area contributed by atoms with Crippen molar-refractivity contribution in [3.05, 3.63) is 73.7 Å². The van der Waals surface area contributed by atoms with Gasteiger partial charge in [-0.2, -0.15) is 5.10 Å². The van der Waals surface area contributed by atoms with Gasteiger partial charge in [0.25, 0.3) is 11.6 Å². The molecule has 0 aromatic heterocycles. The first kappa shape index (κ1) is 20.6. The lowest BCUT2D eigenvalue weighted by molar-refractivity contribution is -0.384. The van der Waals surface area contributed by atoms with Crippen LogP contribution < -0.4 is 10.2 Å². The number of hydrogen-bond acceptors (Lipinski definition) is 5. The van der Waals surface area contributed by atoms with Crippen molar-refractivity contribution in [3.63, 3.8) is 0 Å². The molecule has 0 unspecified atom stereocenters. The largest absolute Gasteiger partial charge is 0.483 e. The number of nitro benzene ring substituents is 1. The summed E-state index contributed by atoms with van der Waals surface area (Å²) in [7, 11) is 0. The number of carbonyl (C=O) groups excluding carboxylic acids is 1. The summed E-state index contributed by atoms with van der Waals surface area (Å²) in [6.07, 6.45) is 3.30. The van der Waals surface area contributed by atoms with Crippen LogP contribution >= 0.6 is 27.5 Å². The lowest BCUT2D eigenvalue weighted by Gasteiger charge is -2.07. The highest BCUT2D eigenvalue weighted by Gasteiger charge is 2.06. The number of allylic oxidation sites excluding steroid dienone is 1. The molecule has 9 heteroatoms. The number of carbonyl (C=O) groups is 1. The van der Waals surface area contributed by atoms with Crippen molar-refractivity contribution in [2.75, 3.05) is 6.61 Å². The van der Waals surface area contributed by atoms with Crippen LogP contribution in [0.15, 0.2) is 58.1 Å². The first-order chi connectivity index (χ1) is 12.8. The van der Waals surface area contributed by atoms with Gasteiger partial charge in [0.05, 0.1) is 15.1 Å². The second-order valence-electron chi connectivity index (χ2n) is 5.34. The van der Waals surface area contributed by atoms with E-state index >= 15 is 0 Å². The lowest BCUT2D eigenvalue weighted by atomic mass is 10.2. The summed E-state index contributed by atoms with van der Waals surface area (Å²) in [6.45, 7) is 1.47. The molecule has 140 valence electrons. The van der Waals surface area contributed by atoms with Crippen molar-refractivity contribution >= 4 is 50.9 Å². The molecule has 0 aliphatic heterocycles. The quantitative estimate of drug-likeness (QED) is 0.377. The van der Waals surface area contributed by atoms with Crippen LogP contribution in [0, 0.1) is 10.1 Å². The van der Waals surface area contributed by atoms with E-state index in [2.05, 4.69) is 26.5 Å². The molecule has 0 saturated carbocycles. The average molecular weight is 453 g/mol. The zero-order chi connectivity index (χ0) is 19.8. The maximum Gasteiger partial charge on any atom is 0.277 e. The normalized spacial score (nSPS) is 11.4. The zero-order valence-electron chi connectivity index (χ0n) is 14.2. The molecule has 0 spiro atoms. The zero-order valence-corrected chi connectivity index (χ0v) is 16.5.